The van der Waals surface area contributed by atoms with Gasteiger partial charge in [0.25, 0.3) is 5.91 Å². The van der Waals surface area contributed by atoms with E-state index >= 15 is 0 Å². The fraction of sp³-hybridized carbons (Fsp3) is 0.375. The number of rotatable bonds is 3. The van der Waals surface area contributed by atoms with Crippen molar-refractivity contribution in [3.63, 3.8) is 0 Å². The summed E-state index contributed by atoms with van der Waals surface area (Å²) in [6.07, 6.45) is 3.38. The summed E-state index contributed by atoms with van der Waals surface area (Å²) in [6.45, 7) is 1.94. The molecule has 5 rings (SSSR count). The zero-order chi connectivity index (χ0) is 21.7. The van der Waals surface area contributed by atoms with Gasteiger partial charge in [-0.05, 0) is 61.6 Å². The van der Waals surface area contributed by atoms with Crippen LogP contribution in [-0.4, -0.2) is 35.3 Å². The van der Waals surface area contributed by atoms with Crippen LogP contribution in [0.1, 0.15) is 36.4 Å². The molecule has 3 heterocycles. The predicted molar refractivity (Wildman–Crippen MR) is 116 cm³/mol. The van der Waals surface area contributed by atoms with E-state index in [0.29, 0.717) is 30.0 Å². The largest absolute Gasteiger partial charge is 0.497 e. The van der Waals surface area contributed by atoms with Crippen LogP contribution >= 0.6 is 11.6 Å². The van der Waals surface area contributed by atoms with Crippen LogP contribution < -0.4 is 9.64 Å². The summed E-state index contributed by atoms with van der Waals surface area (Å²) < 4.78 is 11.5. The van der Waals surface area contributed by atoms with Crippen LogP contribution in [-0.2, 0) is 14.3 Å². The highest BCUT2D eigenvalue weighted by Crippen LogP contribution is 2.48. The normalized spacial score (nSPS) is 27.6. The van der Waals surface area contributed by atoms with Crippen LogP contribution in [0.2, 0.25) is 0 Å². The Balaban J connectivity index is 1.64. The second-order valence-electron chi connectivity index (χ2n) is 8.32. The fourth-order valence-corrected chi connectivity index (χ4v) is 5.12. The van der Waals surface area contributed by atoms with Crippen molar-refractivity contribution in [2.45, 2.75) is 43.7 Å². The first-order valence-corrected chi connectivity index (χ1v) is 10.9. The molecule has 1 aliphatic carbocycles. The van der Waals surface area contributed by atoms with E-state index in [9.17, 15) is 9.59 Å². The van der Waals surface area contributed by atoms with Crippen molar-refractivity contribution in [2.24, 2.45) is 5.92 Å². The molecule has 1 aromatic heterocycles. The van der Waals surface area contributed by atoms with E-state index in [4.69, 9.17) is 21.1 Å². The number of Topliss-reactive ketones (excluding diaryl/α,β-unsaturated/α-hetero) is 1. The lowest BCUT2D eigenvalue weighted by Gasteiger charge is -2.37. The quantitative estimate of drug-likeness (QED) is 0.674. The highest BCUT2D eigenvalue weighted by atomic mass is 35.5. The molecule has 0 saturated heterocycles. The molecule has 0 bridgehead atoms. The highest BCUT2D eigenvalue weighted by Gasteiger charge is 2.53. The Morgan fingerprint density at radius 2 is 1.94 bits per heavy atom. The zero-order valence-corrected chi connectivity index (χ0v) is 18.1. The number of anilines is 1. The highest BCUT2D eigenvalue weighted by molar-refractivity contribution is 6.21. The Morgan fingerprint density at radius 3 is 2.65 bits per heavy atom. The number of fused-ring (bicyclic) bond motifs is 1. The van der Waals surface area contributed by atoms with Gasteiger partial charge in [-0.15, -0.1) is 11.6 Å². The average Bonchev–Trinajstić information content (AvgIpc) is 3.07. The third kappa shape index (κ3) is 3.30. The van der Waals surface area contributed by atoms with Crippen molar-refractivity contribution in [1.82, 2.24) is 4.98 Å². The number of ether oxygens (including phenoxy) is 2. The van der Waals surface area contributed by atoms with E-state index in [1.54, 1.807) is 18.2 Å². The maximum atomic E-state index is 13.7. The topological polar surface area (TPSA) is 68.7 Å². The number of hydrogen-bond donors (Lipinski definition) is 0. The van der Waals surface area contributed by atoms with Gasteiger partial charge in [0, 0.05) is 11.6 Å². The minimum Gasteiger partial charge on any atom is -0.497 e. The number of pyridine rings is 1. The van der Waals surface area contributed by atoms with E-state index < -0.39 is 6.04 Å². The van der Waals surface area contributed by atoms with E-state index in [1.807, 2.05) is 43.3 Å². The summed E-state index contributed by atoms with van der Waals surface area (Å²) in [5.41, 5.74) is 2.18. The molecule has 1 saturated carbocycles. The number of methoxy groups -OCH3 is 1. The number of amides is 1. The van der Waals surface area contributed by atoms with Crippen molar-refractivity contribution in [2.75, 3.05) is 12.0 Å². The van der Waals surface area contributed by atoms with Crippen LogP contribution in [0.25, 0.3) is 0 Å². The SMILES string of the molecule is COc1ccc(C2C3=C(OC4CCC(Cl)CC4C3=O)C(=O)N2c2cc(C)ccn2)cc1. The number of ketones is 1. The van der Waals surface area contributed by atoms with E-state index in [1.165, 1.54) is 0 Å². The number of alkyl halides is 1. The first-order chi connectivity index (χ1) is 15.0. The van der Waals surface area contributed by atoms with Crippen molar-refractivity contribution >= 4 is 29.1 Å². The first-order valence-electron chi connectivity index (χ1n) is 10.5. The maximum absolute atomic E-state index is 13.7. The molecular weight excluding hydrogens is 416 g/mol. The zero-order valence-electron chi connectivity index (χ0n) is 17.4. The summed E-state index contributed by atoms with van der Waals surface area (Å²) >= 11 is 6.38. The van der Waals surface area contributed by atoms with Gasteiger partial charge in [0.2, 0.25) is 0 Å². The number of hydrogen-bond acceptors (Lipinski definition) is 5. The number of nitrogens with zero attached hydrogens (tertiary/aromatic N) is 2. The second kappa shape index (κ2) is 7.68. The van der Waals surface area contributed by atoms with E-state index in [2.05, 4.69) is 4.98 Å². The Labute approximate surface area is 185 Å². The maximum Gasteiger partial charge on any atom is 0.295 e. The molecule has 4 unspecified atom stereocenters. The van der Waals surface area contributed by atoms with Gasteiger partial charge in [0.15, 0.2) is 11.5 Å². The molecule has 1 aromatic carbocycles. The molecular formula is C24H23ClN2O4. The Bertz CT molecular complexity index is 1080. The number of benzene rings is 1. The lowest BCUT2D eigenvalue weighted by atomic mass is 9.77. The third-order valence-electron chi connectivity index (χ3n) is 6.36. The number of carbonyl (C=O) groups is 2. The third-order valence-corrected chi connectivity index (χ3v) is 6.76. The summed E-state index contributed by atoms with van der Waals surface area (Å²) in [4.78, 5) is 33.2. The van der Waals surface area contributed by atoms with Crippen LogP contribution in [0.5, 0.6) is 5.75 Å². The fourth-order valence-electron chi connectivity index (χ4n) is 4.81. The van der Waals surface area contributed by atoms with Crippen LogP contribution in [0.4, 0.5) is 5.82 Å². The summed E-state index contributed by atoms with van der Waals surface area (Å²) in [5, 5.41) is -0.0537. The molecule has 0 spiro atoms. The van der Waals surface area contributed by atoms with Crippen LogP contribution in [0.15, 0.2) is 53.9 Å². The number of aromatic nitrogens is 1. The molecule has 1 fully saturated rings. The van der Waals surface area contributed by atoms with Gasteiger partial charge in [-0.2, -0.15) is 0 Å². The summed E-state index contributed by atoms with van der Waals surface area (Å²) in [6, 6.07) is 10.5. The molecule has 4 atom stereocenters. The Kier molecular flexibility index (Phi) is 4.97. The molecule has 0 radical (unpaired) electrons. The van der Waals surface area contributed by atoms with Crippen molar-refractivity contribution < 1.29 is 19.1 Å². The Morgan fingerprint density at radius 1 is 1.16 bits per heavy atom. The van der Waals surface area contributed by atoms with E-state index in [0.717, 1.165) is 17.5 Å². The molecule has 0 N–H and O–H groups in total. The van der Waals surface area contributed by atoms with Crippen LogP contribution in [0.3, 0.4) is 0 Å². The molecule has 160 valence electrons. The monoisotopic (exact) mass is 438 g/mol. The first kappa shape index (κ1) is 20.1. The second-order valence-corrected chi connectivity index (χ2v) is 8.94. The van der Waals surface area contributed by atoms with Gasteiger partial charge in [-0.25, -0.2) is 4.98 Å². The average molecular weight is 439 g/mol. The van der Waals surface area contributed by atoms with Gasteiger partial charge in [-0.3, -0.25) is 14.5 Å². The molecule has 2 aliphatic heterocycles. The molecule has 7 heteroatoms. The van der Waals surface area contributed by atoms with Gasteiger partial charge in [-0.1, -0.05) is 12.1 Å². The molecule has 6 nitrogen and oxygen atoms in total. The smallest absolute Gasteiger partial charge is 0.295 e. The standard InChI is InChI=1S/C24H23ClN2O4/c1-13-9-10-26-19(11-13)27-21(14-3-6-16(30-2)7-4-14)20-22(28)17-12-15(25)5-8-18(17)31-23(20)24(27)29/h3-4,6-7,9-11,15,17-18,21H,5,8,12H2,1-2H3. The Hall–Kier alpha value is -2.86. The minimum atomic E-state index is -0.605. The molecule has 2 aromatic rings. The van der Waals surface area contributed by atoms with Gasteiger partial charge < -0.3 is 9.47 Å². The predicted octanol–water partition coefficient (Wildman–Crippen LogP) is 4.12. The van der Waals surface area contributed by atoms with E-state index in [-0.39, 0.29) is 34.8 Å². The van der Waals surface area contributed by atoms with Gasteiger partial charge in [0.1, 0.15) is 17.7 Å². The van der Waals surface area contributed by atoms with Gasteiger partial charge >= 0.3 is 0 Å². The number of carbonyl (C=O) groups excluding carboxylic acids is 2. The number of halogens is 1. The molecule has 31 heavy (non-hydrogen) atoms. The van der Waals surface area contributed by atoms with Crippen LogP contribution in [0, 0.1) is 12.8 Å². The lowest BCUT2D eigenvalue weighted by Crippen LogP contribution is -2.41. The molecule has 3 aliphatic rings. The van der Waals surface area contributed by atoms with Crippen molar-refractivity contribution in [3.8, 4) is 5.75 Å². The van der Waals surface area contributed by atoms with Gasteiger partial charge in [0.05, 0.1) is 24.6 Å². The molecule has 1 amide bonds. The number of aryl methyl sites for hydroxylation is 1. The van der Waals surface area contributed by atoms with Crippen molar-refractivity contribution in [1.29, 1.82) is 0 Å². The summed E-state index contributed by atoms with van der Waals surface area (Å²) in [7, 11) is 1.60. The minimum absolute atomic E-state index is 0.0408. The van der Waals surface area contributed by atoms with Crippen molar-refractivity contribution in [3.05, 3.63) is 65.1 Å². The summed E-state index contributed by atoms with van der Waals surface area (Å²) in [5.74, 6) is 0.660. The lowest BCUT2D eigenvalue weighted by molar-refractivity contribution is -0.131.